The quantitative estimate of drug-likeness (QED) is 0.917. The van der Waals surface area contributed by atoms with Gasteiger partial charge in [0.2, 0.25) is 0 Å². The van der Waals surface area contributed by atoms with E-state index in [0.717, 1.165) is 32.2 Å². The number of piperazine rings is 1. The summed E-state index contributed by atoms with van der Waals surface area (Å²) in [5.41, 5.74) is 6.28. The second-order valence-electron chi connectivity index (χ2n) is 5.69. The maximum atomic E-state index is 13.7. The Kier molecular flexibility index (Phi) is 5.07. The highest BCUT2D eigenvalue weighted by atomic mass is 19.2. The van der Waals surface area contributed by atoms with Gasteiger partial charge in [-0.2, -0.15) is 0 Å². The van der Waals surface area contributed by atoms with Crippen LogP contribution < -0.4 is 5.73 Å². The molecule has 1 saturated heterocycles. The number of likely N-dealkylation sites (N-methyl/N-ethyl adjacent to an activating group) is 1. The molecule has 1 aromatic carbocycles. The van der Waals surface area contributed by atoms with E-state index in [1.807, 2.05) is 0 Å². The number of hydrogen-bond acceptors (Lipinski definition) is 3. The van der Waals surface area contributed by atoms with Crippen molar-refractivity contribution in [2.24, 2.45) is 5.73 Å². The summed E-state index contributed by atoms with van der Waals surface area (Å²) in [6, 6.07) is 4.20. The van der Waals surface area contributed by atoms with Crippen molar-refractivity contribution in [3.8, 4) is 0 Å². The van der Waals surface area contributed by atoms with Crippen LogP contribution in [0.5, 0.6) is 0 Å². The zero-order valence-electron chi connectivity index (χ0n) is 12.1. The third-order valence-electron chi connectivity index (χ3n) is 4.08. The van der Waals surface area contributed by atoms with Gasteiger partial charge < -0.3 is 10.6 Å². The van der Waals surface area contributed by atoms with Crippen LogP contribution in [0.1, 0.15) is 24.9 Å². The summed E-state index contributed by atoms with van der Waals surface area (Å²) in [6.07, 6.45) is 0.633. The van der Waals surface area contributed by atoms with Crippen molar-refractivity contribution in [2.45, 2.75) is 25.4 Å². The molecule has 1 aromatic rings. The third kappa shape index (κ3) is 3.53. The standard InChI is InChI=1S/C15H23F2N3/c1-11-10-19(2)8-9-20(11)7-6-14(18)12-4-3-5-13(16)15(12)17/h3-5,11,14H,6-10,18H2,1-2H3. The molecule has 2 atom stereocenters. The fourth-order valence-electron chi connectivity index (χ4n) is 2.78. The summed E-state index contributed by atoms with van der Waals surface area (Å²) >= 11 is 0. The van der Waals surface area contributed by atoms with Crippen molar-refractivity contribution < 1.29 is 8.78 Å². The van der Waals surface area contributed by atoms with Gasteiger partial charge in [0.15, 0.2) is 11.6 Å². The first-order valence-electron chi connectivity index (χ1n) is 7.11. The molecular formula is C15H23F2N3. The van der Waals surface area contributed by atoms with E-state index in [4.69, 9.17) is 5.73 Å². The normalized spacial score (nSPS) is 22.9. The molecule has 0 aromatic heterocycles. The Morgan fingerprint density at radius 1 is 1.35 bits per heavy atom. The molecule has 2 N–H and O–H groups in total. The van der Waals surface area contributed by atoms with Gasteiger partial charge in [-0.15, -0.1) is 0 Å². The van der Waals surface area contributed by atoms with Crippen LogP contribution in [0.4, 0.5) is 8.78 Å². The summed E-state index contributed by atoms with van der Waals surface area (Å²) < 4.78 is 26.9. The molecule has 112 valence electrons. The van der Waals surface area contributed by atoms with Crippen LogP contribution in [0.25, 0.3) is 0 Å². The highest BCUT2D eigenvalue weighted by Gasteiger charge is 2.22. The lowest BCUT2D eigenvalue weighted by atomic mass is 10.0. The Bertz CT molecular complexity index is 453. The van der Waals surface area contributed by atoms with E-state index in [2.05, 4.69) is 23.8 Å². The van der Waals surface area contributed by atoms with Crippen LogP contribution >= 0.6 is 0 Å². The van der Waals surface area contributed by atoms with Gasteiger partial charge in [0.1, 0.15) is 0 Å². The Morgan fingerprint density at radius 3 is 2.80 bits per heavy atom. The average molecular weight is 283 g/mol. The van der Waals surface area contributed by atoms with Crippen molar-refractivity contribution in [1.29, 1.82) is 0 Å². The van der Waals surface area contributed by atoms with Crippen LogP contribution in [-0.4, -0.2) is 49.1 Å². The minimum absolute atomic E-state index is 0.270. The Labute approximate surface area is 119 Å². The monoisotopic (exact) mass is 283 g/mol. The molecule has 2 rings (SSSR count). The van der Waals surface area contributed by atoms with Crippen molar-refractivity contribution in [3.63, 3.8) is 0 Å². The van der Waals surface area contributed by atoms with Crippen molar-refractivity contribution >= 4 is 0 Å². The largest absolute Gasteiger partial charge is 0.324 e. The molecule has 0 aliphatic carbocycles. The van der Waals surface area contributed by atoms with E-state index in [1.54, 1.807) is 6.07 Å². The molecule has 0 bridgehead atoms. The minimum atomic E-state index is -0.828. The number of nitrogens with two attached hydrogens (primary N) is 1. The van der Waals surface area contributed by atoms with E-state index in [1.165, 1.54) is 6.07 Å². The maximum Gasteiger partial charge on any atom is 0.163 e. The van der Waals surface area contributed by atoms with Crippen LogP contribution in [0, 0.1) is 11.6 Å². The highest BCUT2D eigenvalue weighted by molar-refractivity contribution is 5.22. The Balaban J connectivity index is 1.92. The fraction of sp³-hybridized carbons (Fsp3) is 0.600. The molecule has 2 unspecified atom stereocenters. The summed E-state index contributed by atoms with van der Waals surface area (Å²) in [7, 11) is 2.11. The summed E-state index contributed by atoms with van der Waals surface area (Å²) in [5, 5.41) is 0. The second-order valence-corrected chi connectivity index (χ2v) is 5.69. The lowest BCUT2D eigenvalue weighted by Crippen LogP contribution is -2.50. The van der Waals surface area contributed by atoms with Gasteiger partial charge in [0, 0.05) is 43.8 Å². The molecule has 1 heterocycles. The SMILES string of the molecule is CC1CN(C)CCN1CCC(N)c1cccc(F)c1F. The van der Waals surface area contributed by atoms with E-state index in [-0.39, 0.29) is 5.56 Å². The molecule has 20 heavy (non-hydrogen) atoms. The molecule has 3 nitrogen and oxygen atoms in total. The van der Waals surface area contributed by atoms with Gasteiger partial charge in [-0.05, 0) is 26.5 Å². The van der Waals surface area contributed by atoms with E-state index in [0.29, 0.717) is 12.5 Å². The number of benzene rings is 1. The van der Waals surface area contributed by atoms with Crippen LogP contribution in [0.3, 0.4) is 0 Å². The minimum Gasteiger partial charge on any atom is -0.324 e. The molecule has 0 saturated carbocycles. The van der Waals surface area contributed by atoms with Crippen molar-refractivity contribution in [2.75, 3.05) is 33.2 Å². The number of rotatable bonds is 4. The van der Waals surface area contributed by atoms with Gasteiger partial charge in [-0.1, -0.05) is 12.1 Å². The molecule has 0 radical (unpaired) electrons. The zero-order valence-corrected chi connectivity index (χ0v) is 12.1. The topological polar surface area (TPSA) is 32.5 Å². The van der Waals surface area contributed by atoms with Gasteiger partial charge in [0.25, 0.3) is 0 Å². The predicted octanol–water partition coefficient (Wildman–Crippen LogP) is 1.99. The zero-order chi connectivity index (χ0) is 14.7. The van der Waals surface area contributed by atoms with Crippen LogP contribution in [0.2, 0.25) is 0 Å². The third-order valence-corrected chi connectivity index (χ3v) is 4.08. The van der Waals surface area contributed by atoms with E-state index >= 15 is 0 Å². The smallest absolute Gasteiger partial charge is 0.163 e. The predicted molar refractivity (Wildman–Crippen MR) is 76.4 cm³/mol. The molecule has 1 aliphatic heterocycles. The maximum absolute atomic E-state index is 13.7. The second kappa shape index (κ2) is 6.61. The van der Waals surface area contributed by atoms with Gasteiger partial charge in [-0.3, -0.25) is 4.90 Å². The van der Waals surface area contributed by atoms with Crippen LogP contribution in [0.15, 0.2) is 18.2 Å². The van der Waals surface area contributed by atoms with Crippen LogP contribution in [-0.2, 0) is 0 Å². The lowest BCUT2D eigenvalue weighted by Gasteiger charge is -2.38. The summed E-state index contributed by atoms with van der Waals surface area (Å²) in [6.45, 7) is 6.06. The average Bonchev–Trinajstić information content (AvgIpc) is 2.40. The highest BCUT2D eigenvalue weighted by Crippen LogP contribution is 2.21. The Hall–Kier alpha value is -1.04. The first-order chi connectivity index (χ1) is 9.49. The van der Waals surface area contributed by atoms with Gasteiger partial charge >= 0.3 is 0 Å². The molecule has 1 fully saturated rings. The van der Waals surface area contributed by atoms with Gasteiger partial charge in [-0.25, -0.2) is 8.78 Å². The van der Waals surface area contributed by atoms with E-state index < -0.39 is 17.7 Å². The molecule has 0 amide bonds. The molecular weight excluding hydrogens is 260 g/mol. The fourth-order valence-corrected chi connectivity index (χ4v) is 2.78. The van der Waals surface area contributed by atoms with Gasteiger partial charge in [0.05, 0.1) is 0 Å². The molecule has 5 heteroatoms. The summed E-state index contributed by atoms with van der Waals surface area (Å²) in [4.78, 5) is 4.66. The first kappa shape index (κ1) is 15.4. The number of hydrogen-bond donors (Lipinski definition) is 1. The Morgan fingerprint density at radius 2 is 2.10 bits per heavy atom. The first-order valence-corrected chi connectivity index (χ1v) is 7.11. The molecule has 0 spiro atoms. The van der Waals surface area contributed by atoms with Crippen molar-refractivity contribution in [1.82, 2.24) is 9.80 Å². The number of halogens is 2. The lowest BCUT2D eigenvalue weighted by molar-refractivity contribution is 0.0972. The van der Waals surface area contributed by atoms with Crippen molar-refractivity contribution in [3.05, 3.63) is 35.4 Å². The number of nitrogens with zero attached hydrogens (tertiary/aromatic N) is 2. The van der Waals surface area contributed by atoms with E-state index in [9.17, 15) is 8.78 Å². The summed E-state index contributed by atoms with van der Waals surface area (Å²) in [5.74, 6) is -1.64. The molecule has 1 aliphatic rings.